The second kappa shape index (κ2) is 67.7. The van der Waals surface area contributed by atoms with Gasteiger partial charge in [0.1, 0.15) is 13.1 Å². The highest BCUT2D eigenvalue weighted by molar-refractivity contribution is 4.53. The summed E-state index contributed by atoms with van der Waals surface area (Å²) in [6.45, 7) is 11.3. The maximum atomic E-state index is 9.57. The number of nitrogens with zero attached hydrogens (tertiary/aromatic N) is 3. The van der Waals surface area contributed by atoms with Gasteiger partial charge in [-0.25, -0.2) is 10.4 Å². The Morgan fingerprint density at radius 1 is 0.208 bits per heavy atom. The molecule has 3 N–H and O–H groups in total. The Hall–Kier alpha value is 0.630. The summed E-state index contributed by atoms with van der Waals surface area (Å²) in [6, 6.07) is 0. The third kappa shape index (κ3) is 87.3. The van der Waals surface area contributed by atoms with Gasteiger partial charge in [0.05, 0.1) is 55.4 Å². The maximum absolute atomic E-state index is 9.57. The van der Waals surface area contributed by atoms with Crippen molar-refractivity contribution in [1.82, 2.24) is 0 Å². The largest absolute Gasteiger partial charge is 1.00 e. The van der Waals surface area contributed by atoms with E-state index in [4.69, 9.17) is 5.11 Å². The lowest BCUT2D eigenvalue weighted by molar-refractivity contribution is -1.07. The van der Waals surface area contributed by atoms with Crippen LogP contribution < -0.4 is 37.2 Å². The summed E-state index contributed by atoms with van der Waals surface area (Å²) >= 11 is 0. The van der Waals surface area contributed by atoms with Crippen LogP contribution in [-0.4, -0.2) is 104 Å². The first kappa shape index (κ1) is 83.9. The number of rotatable bonds is 54. The normalized spacial score (nSPS) is 11.5. The van der Waals surface area contributed by atoms with Gasteiger partial charge in [-0.3, -0.25) is 0 Å². The van der Waals surface area contributed by atoms with Crippen molar-refractivity contribution in [2.24, 2.45) is 0 Å². The van der Waals surface area contributed by atoms with Crippen LogP contribution in [0.3, 0.4) is 0 Å². The lowest BCUT2D eigenvalue weighted by atomic mass is 10.0. The summed E-state index contributed by atoms with van der Waals surface area (Å²) < 4.78 is 1.32. The van der Waals surface area contributed by atoms with Crippen LogP contribution in [0.15, 0.2) is 0 Å². The summed E-state index contributed by atoms with van der Waals surface area (Å²) in [4.78, 5) is 0. The molecule has 0 aromatic heterocycles. The van der Waals surface area contributed by atoms with E-state index >= 15 is 0 Å². The van der Waals surface area contributed by atoms with Crippen LogP contribution >= 0.6 is 0 Å². The molecule has 9 heteroatoms. The second-order valence-electron chi connectivity index (χ2n) is 24.1. The van der Waals surface area contributed by atoms with Crippen LogP contribution in [0, 0.1) is 0 Å². The van der Waals surface area contributed by atoms with Gasteiger partial charge in [-0.1, -0.05) is 290 Å². The van der Waals surface area contributed by atoms with Crippen LogP contribution in [0.25, 0.3) is 0 Å². The van der Waals surface area contributed by atoms with E-state index in [1.54, 1.807) is 0 Å². The quantitative estimate of drug-likeness (QED) is 0.0323. The van der Waals surface area contributed by atoms with Crippen LogP contribution in [0.2, 0.25) is 0 Å². The van der Waals surface area contributed by atoms with Gasteiger partial charge in [0, 0.05) is 13.0 Å². The molecule has 0 atom stereocenters. The van der Waals surface area contributed by atoms with Crippen LogP contribution in [0.5, 0.6) is 0 Å². The predicted molar refractivity (Wildman–Crippen MR) is 310 cm³/mol. The number of unbranched alkanes of at least 4 members (excludes halogenated alkanes) is 45. The summed E-state index contributed by atoms with van der Waals surface area (Å²) in [5.74, 6) is 0. The van der Waals surface area contributed by atoms with Gasteiger partial charge < -0.3 is 46.8 Å². The molecule has 0 fully saturated rings. The summed E-state index contributed by atoms with van der Waals surface area (Å²) in [5, 5.41) is 28.1. The van der Waals surface area contributed by atoms with Crippen LogP contribution in [0.4, 0.5) is 0 Å². The molecule has 0 aliphatic rings. The zero-order chi connectivity index (χ0) is 51.7. The lowest BCUT2D eigenvalue weighted by Crippen LogP contribution is -3.00. The first-order valence-corrected chi connectivity index (χ1v) is 31.8. The topological polar surface area (TPSA) is 60.7 Å². The molecule has 0 aliphatic heterocycles. The number of hydrogen-bond donors (Lipinski definition) is 3. The van der Waals surface area contributed by atoms with Crippen molar-refractivity contribution in [3.8, 4) is 0 Å². The summed E-state index contributed by atoms with van der Waals surface area (Å²) in [5.41, 5.74) is 0. The van der Waals surface area contributed by atoms with E-state index in [2.05, 4.69) is 34.9 Å². The van der Waals surface area contributed by atoms with E-state index in [0.717, 1.165) is 43.4 Å². The second-order valence-corrected chi connectivity index (χ2v) is 24.1. The van der Waals surface area contributed by atoms with Crippen molar-refractivity contribution >= 4 is 0 Å². The first-order valence-electron chi connectivity index (χ1n) is 31.8. The minimum atomic E-state index is 0. The Kier molecular flexibility index (Phi) is 79.0. The van der Waals surface area contributed by atoms with Gasteiger partial charge in [0.15, 0.2) is 0 Å². The molecule has 444 valence electrons. The standard InChI is InChI=1S/C23H50NO.2C20H44NO.3ClH/c1-4-5-6-7-8-9-10-11-12-13-14-15-16-17-18-19-21-24(2,3)22-20-23-25;2*1-4-5-6-7-8-9-10-11-12-13-14-15-16-17-18-19-20-21(2,3)22;;;/h25H,4-23H2,1-3H3;2*22H,4-20H2,1-3H3;3*1H/q3*+1;;;/p-3. The number of quaternary nitrogens is 3. The molecule has 0 rings (SSSR count). The predicted octanol–water partition coefficient (Wildman–Crippen LogP) is 11.1. The zero-order valence-corrected chi connectivity index (χ0v) is 53.3. The van der Waals surface area contributed by atoms with Crippen molar-refractivity contribution in [2.75, 3.05) is 75.1 Å². The smallest absolute Gasteiger partial charge is 0.108 e. The average molecular weight is 1090 g/mol. The molecule has 6 nitrogen and oxygen atoms in total. The monoisotopic (exact) mass is 1090 g/mol. The van der Waals surface area contributed by atoms with E-state index in [-0.39, 0.29) is 46.5 Å². The molecule has 0 bridgehead atoms. The minimum Gasteiger partial charge on any atom is -1.00 e. The van der Waals surface area contributed by atoms with Crippen molar-refractivity contribution in [1.29, 1.82) is 0 Å². The number of hydroxylamine groups is 6. The Labute approximate surface area is 474 Å². The summed E-state index contributed by atoms with van der Waals surface area (Å²) in [6.07, 6.45) is 68.8. The molecule has 0 amide bonds. The Balaban J connectivity index is -0.000000223. The molecule has 0 unspecified atom stereocenters. The summed E-state index contributed by atoms with van der Waals surface area (Å²) in [7, 11) is 12.0. The van der Waals surface area contributed by atoms with Gasteiger partial charge >= 0.3 is 0 Å². The molecule has 0 saturated carbocycles. The Morgan fingerprint density at radius 2 is 0.347 bits per heavy atom. The Bertz CT molecular complexity index is 873. The van der Waals surface area contributed by atoms with E-state index < -0.39 is 0 Å². The van der Waals surface area contributed by atoms with Crippen molar-refractivity contribution < 1.29 is 66.5 Å². The zero-order valence-electron chi connectivity index (χ0n) is 51.0. The van der Waals surface area contributed by atoms with Gasteiger partial charge in [0.25, 0.3) is 0 Å². The molecule has 0 aromatic rings. The van der Waals surface area contributed by atoms with Gasteiger partial charge in [-0.05, 0) is 38.5 Å². The number of halogens is 3. The van der Waals surface area contributed by atoms with Crippen molar-refractivity contribution in [3.63, 3.8) is 0 Å². The van der Waals surface area contributed by atoms with Crippen LogP contribution in [0.1, 0.15) is 335 Å². The van der Waals surface area contributed by atoms with Gasteiger partial charge in [-0.2, -0.15) is 9.29 Å². The third-order valence-electron chi connectivity index (χ3n) is 14.7. The molecule has 0 aromatic carbocycles. The maximum Gasteiger partial charge on any atom is 0.108 e. The van der Waals surface area contributed by atoms with E-state index in [1.807, 2.05) is 28.2 Å². The first-order chi connectivity index (χ1) is 33.2. The molecule has 0 spiro atoms. The van der Waals surface area contributed by atoms with E-state index in [0.29, 0.717) is 6.61 Å². The highest BCUT2D eigenvalue weighted by Gasteiger charge is 2.13. The molecular formula is C63H138Cl3N3O3. The number of hydrogen-bond acceptors (Lipinski definition) is 3. The van der Waals surface area contributed by atoms with E-state index in [9.17, 15) is 10.4 Å². The van der Waals surface area contributed by atoms with Gasteiger partial charge in [0.2, 0.25) is 0 Å². The fourth-order valence-corrected chi connectivity index (χ4v) is 9.79. The van der Waals surface area contributed by atoms with E-state index in [1.165, 1.54) is 302 Å². The molecular weight excluding hydrogens is 953 g/mol. The molecule has 0 radical (unpaired) electrons. The van der Waals surface area contributed by atoms with Crippen molar-refractivity contribution in [2.45, 2.75) is 335 Å². The molecule has 0 heterocycles. The molecule has 72 heavy (non-hydrogen) atoms. The van der Waals surface area contributed by atoms with Gasteiger partial charge in [-0.15, -0.1) is 0 Å². The third-order valence-corrected chi connectivity index (χ3v) is 14.7. The SMILES string of the molecule is CCCCCCCCCCCCCCCCCC[N+](C)(C)CCCO.CCCCCCCCCCCCCCCCCC[N+](C)(C)O.CCCCCCCCCCCCCCCCCC[N+](C)(C)O.[Cl-].[Cl-].[Cl-]. The number of aliphatic hydroxyl groups is 1. The van der Waals surface area contributed by atoms with Crippen molar-refractivity contribution in [3.05, 3.63) is 0 Å². The highest BCUT2D eigenvalue weighted by Crippen LogP contribution is 2.17. The lowest BCUT2D eigenvalue weighted by Gasteiger charge is -2.29. The number of aliphatic hydroxyl groups excluding tert-OH is 1. The average Bonchev–Trinajstić information content (AvgIpc) is 3.30. The Morgan fingerprint density at radius 3 is 0.500 bits per heavy atom. The molecule has 0 aliphatic carbocycles. The fraction of sp³-hybridized carbons (Fsp3) is 1.00. The fourth-order valence-electron chi connectivity index (χ4n) is 9.79. The minimum absolute atomic E-state index is 0. The highest BCUT2D eigenvalue weighted by atomic mass is 35.5. The molecule has 0 saturated heterocycles. The van der Waals surface area contributed by atoms with Crippen LogP contribution in [-0.2, 0) is 0 Å².